The first-order valence-electron chi connectivity index (χ1n) is 5.41. The van der Waals surface area contributed by atoms with Gasteiger partial charge in [-0.15, -0.1) is 0 Å². The zero-order chi connectivity index (χ0) is 14.8. The van der Waals surface area contributed by atoms with Gasteiger partial charge in [-0.3, -0.25) is 4.79 Å². The first-order chi connectivity index (χ1) is 9.38. The molecule has 0 unspecified atom stereocenters. The molecule has 2 N–H and O–H groups in total. The van der Waals surface area contributed by atoms with E-state index in [2.05, 4.69) is 4.98 Å². The van der Waals surface area contributed by atoms with Gasteiger partial charge in [-0.25, -0.2) is 4.98 Å². The summed E-state index contributed by atoms with van der Waals surface area (Å²) in [5.41, 5.74) is 3.66. The summed E-state index contributed by atoms with van der Waals surface area (Å²) in [6.45, 7) is -0.165. The van der Waals surface area contributed by atoms with E-state index in [1.54, 1.807) is 12.1 Å². The average Bonchev–Trinajstić information content (AvgIpc) is 2.87. The molecule has 0 aromatic carbocycles. The number of carbonyl (C=O) groups excluding carboxylic acids is 1. The van der Waals surface area contributed by atoms with E-state index in [-0.39, 0.29) is 12.2 Å². The Morgan fingerprint density at radius 1 is 1.35 bits per heavy atom. The van der Waals surface area contributed by atoms with Crippen molar-refractivity contribution in [3.8, 4) is 5.88 Å². The molecule has 5 nitrogen and oxygen atoms in total. The van der Waals surface area contributed by atoms with Crippen molar-refractivity contribution in [2.75, 3.05) is 0 Å². The second kappa shape index (κ2) is 5.24. The lowest BCUT2D eigenvalue weighted by molar-refractivity contribution is -0.141. The third kappa shape index (κ3) is 3.08. The highest BCUT2D eigenvalue weighted by atomic mass is 19.4. The molecule has 0 saturated heterocycles. The maximum atomic E-state index is 12.6. The molecule has 0 bridgehead atoms. The number of rotatable bonds is 4. The van der Waals surface area contributed by atoms with Crippen LogP contribution in [-0.4, -0.2) is 10.9 Å². The zero-order valence-corrected chi connectivity index (χ0v) is 9.98. The Kier molecular flexibility index (Phi) is 3.64. The number of alkyl halides is 3. The Labute approximate surface area is 111 Å². The van der Waals surface area contributed by atoms with E-state index in [1.165, 1.54) is 6.26 Å². The smallest absolute Gasteiger partial charge is 0.433 e. The highest BCUT2D eigenvalue weighted by Gasteiger charge is 2.33. The van der Waals surface area contributed by atoms with Crippen molar-refractivity contribution in [1.82, 2.24) is 4.98 Å². The molecule has 0 aliphatic carbocycles. The van der Waals surface area contributed by atoms with Crippen molar-refractivity contribution in [3.63, 3.8) is 0 Å². The molecule has 0 aliphatic heterocycles. The summed E-state index contributed by atoms with van der Waals surface area (Å²) in [5, 5.41) is 0. The fourth-order valence-corrected chi connectivity index (χ4v) is 1.43. The van der Waals surface area contributed by atoms with Crippen LogP contribution >= 0.6 is 0 Å². The summed E-state index contributed by atoms with van der Waals surface area (Å²) < 4.78 is 47.7. The summed E-state index contributed by atoms with van der Waals surface area (Å²) in [6.07, 6.45) is -3.26. The van der Waals surface area contributed by atoms with Crippen molar-refractivity contribution in [3.05, 3.63) is 47.5 Å². The molecule has 0 atom stereocenters. The molecule has 2 aromatic heterocycles. The Balaban J connectivity index is 2.29. The Morgan fingerprint density at radius 2 is 2.10 bits per heavy atom. The lowest BCUT2D eigenvalue weighted by Gasteiger charge is -2.11. The molecule has 1 amide bonds. The maximum Gasteiger partial charge on any atom is 0.433 e. The van der Waals surface area contributed by atoms with Crippen LogP contribution in [0.15, 0.2) is 34.9 Å². The van der Waals surface area contributed by atoms with Gasteiger partial charge in [0.15, 0.2) is 0 Å². The lowest BCUT2D eigenvalue weighted by atomic mass is 10.2. The lowest BCUT2D eigenvalue weighted by Crippen LogP contribution is -2.16. The number of carbonyl (C=O) groups is 1. The normalized spacial score (nSPS) is 11.3. The van der Waals surface area contributed by atoms with Crippen LogP contribution in [0, 0.1) is 0 Å². The largest absolute Gasteiger partial charge is 0.469 e. The fraction of sp³-hybridized carbons (Fsp3) is 0.167. The molecule has 0 spiro atoms. The zero-order valence-electron chi connectivity index (χ0n) is 9.98. The van der Waals surface area contributed by atoms with Crippen molar-refractivity contribution < 1.29 is 27.1 Å². The Bertz CT molecular complexity index is 609. The third-order valence-corrected chi connectivity index (χ3v) is 2.35. The minimum absolute atomic E-state index is 0.165. The summed E-state index contributed by atoms with van der Waals surface area (Å²) in [6, 6.07) is 4.75. The summed E-state index contributed by atoms with van der Waals surface area (Å²) in [4.78, 5) is 14.4. The maximum absolute atomic E-state index is 12.6. The van der Waals surface area contributed by atoms with Crippen LogP contribution in [0.25, 0.3) is 0 Å². The Hall–Kier alpha value is -2.51. The number of pyridine rings is 1. The number of primary amides is 1. The SMILES string of the molecule is NC(=O)c1ccc(C(F)(F)F)nc1OCc1ccco1. The van der Waals surface area contributed by atoms with Crippen molar-refractivity contribution in [1.29, 1.82) is 0 Å². The van der Waals surface area contributed by atoms with E-state index in [4.69, 9.17) is 14.9 Å². The molecule has 2 aromatic rings. The molecular weight excluding hydrogens is 277 g/mol. The van der Waals surface area contributed by atoms with Crippen molar-refractivity contribution in [2.45, 2.75) is 12.8 Å². The van der Waals surface area contributed by atoms with E-state index in [0.717, 1.165) is 6.07 Å². The number of hydrogen-bond donors (Lipinski definition) is 1. The van der Waals surface area contributed by atoms with Crippen LogP contribution in [0.3, 0.4) is 0 Å². The standard InChI is InChI=1S/C12H9F3N2O3/c13-12(14,15)9-4-3-8(10(16)18)11(17-9)20-6-7-2-1-5-19-7/h1-5H,6H2,(H2,16,18). The quantitative estimate of drug-likeness (QED) is 0.935. The number of halogens is 3. The number of amides is 1. The van der Waals surface area contributed by atoms with Gasteiger partial charge >= 0.3 is 6.18 Å². The number of ether oxygens (including phenoxy) is 1. The first-order valence-corrected chi connectivity index (χ1v) is 5.41. The minimum Gasteiger partial charge on any atom is -0.469 e. The van der Waals surface area contributed by atoms with Gasteiger partial charge in [-0.1, -0.05) is 0 Å². The highest BCUT2D eigenvalue weighted by molar-refractivity contribution is 5.95. The van der Waals surface area contributed by atoms with E-state index < -0.39 is 23.7 Å². The number of furan rings is 1. The molecule has 0 saturated carbocycles. The van der Waals surface area contributed by atoms with Gasteiger partial charge in [0.2, 0.25) is 5.88 Å². The van der Waals surface area contributed by atoms with Crippen LogP contribution in [0.5, 0.6) is 5.88 Å². The van der Waals surface area contributed by atoms with Crippen LogP contribution < -0.4 is 10.5 Å². The first kappa shape index (κ1) is 13.9. The second-order valence-electron chi connectivity index (χ2n) is 3.78. The summed E-state index contributed by atoms with van der Waals surface area (Å²) in [7, 11) is 0. The summed E-state index contributed by atoms with van der Waals surface area (Å²) >= 11 is 0. The van der Waals surface area contributed by atoms with Gasteiger partial charge in [0.1, 0.15) is 23.6 Å². The molecular formula is C12H9F3N2O3. The van der Waals surface area contributed by atoms with Crippen LogP contribution in [0.4, 0.5) is 13.2 Å². The molecule has 20 heavy (non-hydrogen) atoms. The van der Waals surface area contributed by atoms with Gasteiger partial charge < -0.3 is 14.9 Å². The van der Waals surface area contributed by atoms with Crippen LogP contribution in [0.1, 0.15) is 21.8 Å². The van der Waals surface area contributed by atoms with E-state index in [9.17, 15) is 18.0 Å². The molecule has 0 fully saturated rings. The number of hydrogen-bond acceptors (Lipinski definition) is 4. The van der Waals surface area contributed by atoms with Gasteiger partial charge in [-0.2, -0.15) is 13.2 Å². The number of nitrogens with zero attached hydrogens (tertiary/aromatic N) is 1. The fourth-order valence-electron chi connectivity index (χ4n) is 1.43. The van der Waals surface area contributed by atoms with E-state index >= 15 is 0 Å². The van der Waals surface area contributed by atoms with Gasteiger partial charge in [0.25, 0.3) is 5.91 Å². The molecule has 0 radical (unpaired) electrons. The van der Waals surface area contributed by atoms with Crippen molar-refractivity contribution >= 4 is 5.91 Å². The number of nitrogens with two attached hydrogens (primary N) is 1. The monoisotopic (exact) mass is 286 g/mol. The predicted octanol–water partition coefficient (Wildman–Crippen LogP) is 2.37. The molecule has 106 valence electrons. The highest BCUT2D eigenvalue weighted by Crippen LogP contribution is 2.30. The predicted molar refractivity (Wildman–Crippen MR) is 60.8 cm³/mol. The second-order valence-corrected chi connectivity index (χ2v) is 3.78. The van der Waals surface area contributed by atoms with E-state index in [0.29, 0.717) is 11.8 Å². The third-order valence-electron chi connectivity index (χ3n) is 2.35. The summed E-state index contributed by atoms with van der Waals surface area (Å²) in [5.74, 6) is -1.04. The molecule has 2 heterocycles. The van der Waals surface area contributed by atoms with Crippen LogP contribution in [0.2, 0.25) is 0 Å². The number of aromatic nitrogens is 1. The molecule has 2 rings (SSSR count). The molecule has 8 heteroatoms. The van der Waals surface area contributed by atoms with Gasteiger partial charge in [-0.05, 0) is 24.3 Å². The average molecular weight is 286 g/mol. The topological polar surface area (TPSA) is 78.4 Å². The minimum atomic E-state index is -4.64. The van der Waals surface area contributed by atoms with Gasteiger partial charge in [0, 0.05) is 0 Å². The van der Waals surface area contributed by atoms with Crippen LogP contribution in [-0.2, 0) is 12.8 Å². The Morgan fingerprint density at radius 3 is 2.65 bits per heavy atom. The van der Waals surface area contributed by atoms with E-state index in [1.807, 2.05) is 0 Å². The molecule has 0 aliphatic rings. The van der Waals surface area contributed by atoms with Crippen molar-refractivity contribution in [2.24, 2.45) is 5.73 Å². The van der Waals surface area contributed by atoms with Gasteiger partial charge in [0.05, 0.1) is 6.26 Å².